The molecule has 2 aromatic carbocycles. The van der Waals surface area contributed by atoms with E-state index in [0.29, 0.717) is 36.0 Å². The van der Waals surface area contributed by atoms with Gasteiger partial charge in [-0.3, -0.25) is 15.1 Å². The van der Waals surface area contributed by atoms with Crippen molar-refractivity contribution >= 4 is 11.6 Å². The molecule has 0 saturated heterocycles. The molecule has 1 aromatic heterocycles. The lowest BCUT2D eigenvalue weighted by Crippen LogP contribution is -2.25. The summed E-state index contributed by atoms with van der Waals surface area (Å²) in [5.74, 6) is 1.05. The summed E-state index contributed by atoms with van der Waals surface area (Å²) in [6.07, 6.45) is 0.295. The van der Waals surface area contributed by atoms with Crippen LogP contribution in [0.2, 0.25) is 0 Å². The molecule has 3 rings (SSSR count). The molecule has 1 heterocycles. The zero-order chi connectivity index (χ0) is 20.6. The molecule has 9 nitrogen and oxygen atoms in total. The van der Waals surface area contributed by atoms with Crippen molar-refractivity contribution in [1.82, 2.24) is 20.6 Å². The lowest BCUT2D eigenvalue weighted by molar-refractivity contribution is -0.117. The van der Waals surface area contributed by atoms with Crippen LogP contribution in [0.3, 0.4) is 0 Å². The molecule has 152 valence electrons. The first kappa shape index (κ1) is 20.1. The van der Waals surface area contributed by atoms with Gasteiger partial charge in [0.15, 0.2) is 0 Å². The molecule has 1 atom stereocenters. The highest BCUT2D eigenvalue weighted by atomic mass is 16.5. The van der Waals surface area contributed by atoms with Crippen LogP contribution >= 0.6 is 0 Å². The molecule has 0 fully saturated rings. The summed E-state index contributed by atoms with van der Waals surface area (Å²) in [5, 5.41) is 17.7. The first-order chi connectivity index (χ1) is 14.2. The summed E-state index contributed by atoms with van der Waals surface area (Å²) in [6, 6.07) is 12.6. The van der Waals surface area contributed by atoms with Crippen molar-refractivity contribution in [3.63, 3.8) is 0 Å². The Balaban J connectivity index is 1.88. The number of nitrogens with one attached hydrogen (secondary N) is 1. The Morgan fingerprint density at radius 1 is 1.14 bits per heavy atom. The van der Waals surface area contributed by atoms with Gasteiger partial charge in [-0.15, -0.1) is 0 Å². The van der Waals surface area contributed by atoms with Gasteiger partial charge in [0.1, 0.15) is 17.2 Å². The third-order valence-electron chi connectivity index (χ3n) is 4.33. The summed E-state index contributed by atoms with van der Waals surface area (Å²) in [5.41, 5.74) is 1.37. The van der Waals surface area contributed by atoms with Crippen molar-refractivity contribution in [2.45, 2.75) is 19.3 Å². The van der Waals surface area contributed by atoms with Gasteiger partial charge in [-0.2, -0.15) is 5.21 Å². The first-order valence-corrected chi connectivity index (χ1v) is 9.08. The number of carbonyl (C=O) groups is 1. The first-order valence-electron chi connectivity index (χ1n) is 9.08. The van der Waals surface area contributed by atoms with Crippen molar-refractivity contribution in [2.75, 3.05) is 26.1 Å². The van der Waals surface area contributed by atoms with Gasteiger partial charge in [-0.05, 0) is 37.1 Å². The Bertz CT molecular complexity index is 946. The maximum absolute atomic E-state index is 13.1. The number of rotatable bonds is 9. The predicted molar refractivity (Wildman–Crippen MR) is 105 cm³/mol. The number of para-hydroxylation sites is 2. The number of hydrogen-bond acceptors (Lipinski definition) is 7. The largest absolute Gasteiger partial charge is 0.497 e. The molecule has 0 aliphatic heterocycles. The summed E-state index contributed by atoms with van der Waals surface area (Å²) in [4.78, 5) is 13.1. The van der Waals surface area contributed by atoms with Gasteiger partial charge < -0.3 is 24.6 Å². The summed E-state index contributed by atoms with van der Waals surface area (Å²) in [7, 11) is 3.14. The molecule has 0 aliphatic rings. The van der Waals surface area contributed by atoms with Crippen molar-refractivity contribution in [3.8, 4) is 17.2 Å². The normalized spacial score (nSPS) is 11.6. The second kappa shape index (κ2) is 9.54. The third kappa shape index (κ3) is 4.81. The SMILES string of the molecule is CCOc1ccccc1NC(=O)[C@@H](Cc1ccc(OC)cc1OC)c1nnn[n-]1. The Morgan fingerprint density at radius 3 is 2.66 bits per heavy atom. The van der Waals surface area contributed by atoms with E-state index in [1.54, 1.807) is 38.5 Å². The lowest BCUT2D eigenvalue weighted by atomic mass is 9.96. The number of benzene rings is 2. The highest BCUT2D eigenvalue weighted by molar-refractivity contribution is 5.96. The van der Waals surface area contributed by atoms with E-state index >= 15 is 0 Å². The van der Waals surface area contributed by atoms with E-state index in [2.05, 4.69) is 25.9 Å². The van der Waals surface area contributed by atoms with Gasteiger partial charge in [0, 0.05) is 11.9 Å². The highest BCUT2D eigenvalue weighted by Crippen LogP contribution is 2.30. The van der Waals surface area contributed by atoms with Crippen LogP contribution in [-0.4, -0.2) is 42.3 Å². The molecular weight excluding hydrogens is 374 g/mol. The fraction of sp³-hybridized carbons (Fsp3) is 0.300. The number of ether oxygens (including phenoxy) is 3. The van der Waals surface area contributed by atoms with Crippen LogP contribution in [0, 0.1) is 0 Å². The van der Waals surface area contributed by atoms with E-state index in [1.807, 2.05) is 25.1 Å². The van der Waals surface area contributed by atoms with Crippen molar-refractivity contribution < 1.29 is 19.0 Å². The van der Waals surface area contributed by atoms with Crippen LogP contribution in [0.1, 0.15) is 24.2 Å². The number of amides is 1. The van der Waals surface area contributed by atoms with Crippen LogP contribution < -0.4 is 24.6 Å². The van der Waals surface area contributed by atoms with Crippen LogP contribution in [0.25, 0.3) is 0 Å². The summed E-state index contributed by atoms with van der Waals surface area (Å²) in [6.45, 7) is 2.37. The van der Waals surface area contributed by atoms with Gasteiger partial charge >= 0.3 is 0 Å². The van der Waals surface area contributed by atoms with E-state index in [0.717, 1.165) is 5.56 Å². The van der Waals surface area contributed by atoms with E-state index in [4.69, 9.17) is 14.2 Å². The smallest absolute Gasteiger partial charge is 0.232 e. The molecule has 0 aliphatic carbocycles. The maximum atomic E-state index is 13.1. The minimum absolute atomic E-state index is 0.231. The van der Waals surface area contributed by atoms with Gasteiger partial charge in [-0.25, -0.2) is 0 Å². The van der Waals surface area contributed by atoms with Gasteiger partial charge in [0.05, 0.1) is 32.4 Å². The molecule has 0 unspecified atom stereocenters. The van der Waals surface area contributed by atoms with Gasteiger partial charge in [0.2, 0.25) is 5.91 Å². The van der Waals surface area contributed by atoms with Crippen LogP contribution in [0.5, 0.6) is 17.2 Å². The average Bonchev–Trinajstić information content (AvgIpc) is 3.28. The zero-order valence-corrected chi connectivity index (χ0v) is 16.5. The number of anilines is 1. The fourth-order valence-electron chi connectivity index (χ4n) is 2.90. The maximum Gasteiger partial charge on any atom is 0.232 e. The Kier molecular flexibility index (Phi) is 6.62. The number of methoxy groups -OCH3 is 2. The Morgan fingerprint density at radius 2 is 1.97 bits per heavy atom. The number of nitrogens with zero attached hydrogens (tertiary/aromatic N) is 4. The molecule has 29 heavy (non-hydrogen) atoms. The minimum atomic E-state index is -0.720. The van der Waals surface area contributed by atoms with E-state index < -0.39 is 5.92 Å². The Labute approximate surface area is 168 Å². The molecule has 3 aromatic rings. The average molecular weight is 396 g/mol. The third-order valence-corrected chi connectivity index (χ3v) is 4.33. The summed E-state index contributed by atoms with van der Waals surface area (Å²) < 4.78 is 16.3. The van der Waals surface area contributed by atoms with E-state index in [9.17, 15) is 4.79 Å². The molecule has 1 N–H and O–H groups in total. The molecule has 1 amide bonds. The van der Waals surface area contributed by atoms with Crippen molar-refractivity contribution in [2.24, 2.45) is 0 Å². The predicted octanol–water partition coefficient (Wildman–Crippen LogP) is 2.21. The van der Waals surface area contributed by atoms with Crippen molar-refractivity contribution in [1.29, 1.82) is 0 Å². The molecule has 0 bridgehead atoms. The number of carbonyl (C=O) groups excluding carboxylic acids is 1. The summed E-state index contributed by atoms with van der Waals surface area (Å²) >= 11 is 0. The highest BCUT2D eigenvalue weighted by Gasteiger charge is 2.24. The topological polar surface area (TPSA) is 110 Å². The minimum Gasteiger partial charge on any atom is -0.497 e. The molecular formula is C20H22N5O4-. The fourth-order valence-corrected chi connectivity index (χ4v) is 2.90. The van der Waals surface area contributed by atoms with Crippen molar-refractivity contribution in [3.05, 3.63) is 53.9 Å². The molecule has 9 heteroatoms. The molecule has 0 radical (unpaired) electrons. The lowest BCUT2D eigenvalue weighted by Gasteiger charge is -2.20. The van der Waals surface area contributed by atoms with E-state index in [-0.39, 0.29) is 11.7 Å². The van der Waals surface area contributed by atoms with Crippen LogP contribution in [0.4, 0.5) is 5.69 Å². The van der Waals surface area contributed by atoms with Crippen LogP contribution in [0.15, 0.2) is 42.5 Å². The van der Waals surface area contributed by atoms with Gasteiger partial charge in [0.25, 0.3) is 0 Å². The molecule has 0 spiro atoms. The quantitative estimate of drug-likeness (QED) is 0.586. The second-order valence-electron chi connectivity index (χ2n) is 6.09. The number of aromatic nitrogens is 4. The number of hydrogen-bond donors (Lipinski definition) is 1. The molecule has 0 saturated carbocycles. The standard InChI is InChI=1S/C20H23N5O4/c1-4-29-17-8-6-5-7-16(17)21-20(26)15(19-22-24-25-23-19)11-13-9-10-14(27-2)12-18(13)28-3/h5-10,12,15H,4,11H2,1-3H3,(H2,21,22,23,24,25,26)/p-1/t15-/m0/s1. The van der Waals surface area contributed by atoms with E-state index in [1.165, 1.54) is 0 Å². The zero-order valence-electron chi connectivity index (χ0n) is 16.5. The monoisotopic (exact) mass is 396 g/mol. The van der Waals surface area contributed by atoms with Crippen LogP contribution in [-0.2, 0) is 11.2 Å². The second-order valence-corrected chi connectivity index (χ2v) is 6.09. The van der Waals surface area contributed by atoms with Gasteiger partial charge in [-0.1, -0.05) is 18.2 Å². The Hall–Kier alpha value is -3.62. The number of tetrazole rings is 1.